The Bertz CT molecular complexity index is 963. The van der Waals surface area contributed by atoms with E-state index in [1.54, 1.807) is 38.1 Å². The number of hydrogen-bond donors (Lipinski definition) is 2. The third-order valence-corrected chi connectivity index (χ3v) is 4.60. The predicted octanol–water partition coefficient (Wildman–Crippen LogP) is 3.81. The lowest BCUT2D eigenvalue weighted by Gasteiger charge is -2.20. The van der Waals surface area contributed by atoms with E-state index in [2.05, 4.69) is 15.8 Å². The summed E-state index contributed by atoms with van der Waals surface area (Å²) in [5, 5.41) is 17.8. The van der Waals surface area contributed by atoms with Crippen LogP contribution in [0.1, 0.15) is 29.8 Å². The molecule has 2 amide bonds. The molecule has 0 bridgehead atoms. The van der Waals surface area contributed by atoms with Crippen molar-refractivity contribution in [2.24, 2.45) is 11.0 Å². The van der Waals surface area contributed by atoms with Gasteiger partial charge in [0.2, 0.25) is 0 Å². The molecule has 0 saturated carbocycles. The van der Waals surface area contributed by atoms with Gasteiger partial charge in [-0.1, -0.05) is 49.2 Å². The zero-order valence-corrected chi connectivity index (χ0v) is 17.1. The first kappa shape index (κ1) is 22.3. The van der Waals surface area contributed by atoms with Crippen LogP contribution in [0.3, 0.4) is 0 Å². The van der Waals surface area contributed by atoms with Crippen LogP contribution in [0.4, 0.5) is 5.69 Å². The molecule has 1 unspecified atom stereocenters. The molecular formula is C19H18Cl2N4O4. The van der Waals surface area contributed by atoms with E-state index in [9.17, 15) is 19.7 Å². The molecule has 0 heterocycles. The average molecular weight is 437 g/mol. The Morgan fingerprint density at radius 1 is 1.14 bits per heavy atom. The fourth-order valence-corrected chi connectivity index (χ4v) is 2.77. The number of halogens is 2. The normalized spacial score (nSPS) is 12.0. The number of hydrazone groups is 1. The molecule has 8 nitrogen and oxygen atoms in total. The van der Waals surface area contributed by atoms with Crippen molar-refractivity contribution in [2.75, 3.05) is 0 Å². The molecule has 2 rings (SSSR count). The first-order valence-corrected chi connectivity index (χ1v) is 9.28. The first-order chi connectivity index (χ1) is 13.7. The molecule has 0 fully saturated rings. The number of carbonyl (C=O) groups excluding carboxylic acids is 2. The maximum atomic E-state index is 12.5. The van der Waals surface area contributed by atoms with Crippen LogP contribution in [-0.4, -0.2) is 29.0 Å². The number of non-ortho nitro benzene ring substituents is 1. The van der Waals surface area contributed by atoms with Gasteiger partial charge in [0.05, 0.1) is 21.7 Å². The van der Waals surface area contributed by atoms with Gasteiger partial charge in [-0.15, -0.1) is 0 Å². The van der Waals surface area contributed by atoms with Crippen LogP contribution in [0, 0.1) is 16.0 Å². The van der Waals surface area contributed by atoms with Gasteiger partial charge in [0.25, 0.3) is 17.5 Å². The van der Waals surface area contributed by atoms with Gasteiger partial charge in [0.15, 0.2) is 0 Å². The van der Waals surface area contributed by atoms with E-state index < -0.39 is 22.8 Å². The van der Waals surface area contributed by atoms with Gasteiger partial charge in [-0.2, -0.15) is 5.10 Å². The van der Waals surface area contributed by atoms with E-state index in [0.29, 0.717) is 0 Å². The number of nitrogens with zero attached hydrogens (tertiary/aromatic N) is 2. The van der Waals surface area contributed by atoms with Gasteiger partial charge in [0.1, 0.15) is 6.04 Å². The minimum Gasteiger partial charge on any atom is -0.340 e. The lowest BCUT2D eigenvalue weighted by Crippen LogP contribution is -2.48. The van der Waals surface area contributed by atoms with E-state index in [0.717, 1.165) is 0 Å². The summed E-state index contributed by atoms with van der Waals surface area (Å²) in [6.45, 7) is 3.52. The van der Waals surface area contributed by atoms with Crippen LogP contribution in [0.2, 0.25) is 10.0 Å². The molecule has 0 aliphatic heterocycles. The summed E-state index contributed by atoms with van der Waals surface area (Å²) in [4.78, 5) is 35.2. The van der Waals surface area contributed by atoms with Crippen LogP contribution in [0.15, 0.2) is 47.6 Å². The van der Waals surface area contributed by atoms with E-state index in [-0.39, 0.29) is 32.8 Å². The molecular weight excluding hydrogens is 419 g/mol. The number of carbonyl (C=O) groups is 2. The van der Waals surface area contributed by atoms with Crippen LogP contribution in [-0.2, 0) is 4.79 Å². The highest BCUT2D eigenvalue weighted by Crippen LogP contribution is 2.20. The van der Waals surface area contributed by atoms with Gasteiger partial charge in [0, 0.05) is 22.7 Å². The van der Waals surface area contributed by atoms with Crippen molar-refractivity contribution in [3.63, 3.8) is 0 Å². The Hall–Kier alpha value is -2.97. The molecule has 152 valence electrons. The summed E-state index contributed by atoms with van der Waals surface area (Å²) < 4.78 is 0. The number of amides is 2. The molecule has 0 aliphatic carbocycles. The molecule has 0 radical (unpaired) electrons. The second-order valence-electron chi connectivity index (χ2n) is 6.37. The zero-order valence-electron chi connectivity index (χ0n) is 15.6. The van der Waals surface area contributed by atoms with Gasteiger partial charge < -0.3 is 5.32 Å². The predicted molar refractivity (Wildman–Crippen MR) is 111 cm³/mol. The number of nitro benzene ring substituents is 1. The van der Waals surface area contributed by atoms with E-state index >= 15 is 0 Å². The van der Waals surface area contributed by atoms with Crippen molar-refractivity contribution in [1.82, 2.24) is 10.7 Å². The van der Waals surface area contributed by atoms with Gasteiger partial charge in [-0.05, 0) is 24.1 Å². The Labute approximate surface area is 177 Å². The molecule has 10 heteroatoms. The van der Waals surface area contributed by atoms with Crippen molar-refractivity contribution in [3.8, 4) is 0 Å². The monoisotopic (exact) mass is 436 g/mol. The van der Waals surface area contributed by atoms with Crippen LogP contribution in [0.5, 0.6) is 0 Å². The standard InChI is InChI=1S/C19H18Cl2N4O4/c1-11(2)17(23-18(26)14-5-3-4-6-16(14)21)19(27)24-22-10-12-9-13(25(28)29)7-8-15(12)20/h3-11,17H,1-2H3,(H,23,26)(H,24,27)/b22-10+. The summed E-state index contributed by atoms with van der Waals surface area (Å²) in [7, 11) is 0. The fraction of sp³-hybridized carbons (Fsp3) is 0.211. The second kappa shape index (κ2) is 9.99. The largest absolute Gasteiger partial charge is 0.340 e. The molecule has 2 aromatic carbocycles. The summed E-state index contributed by atoms with van der Waals surface area (Å²) in [5.74, 6) is -1.29. The second-order valence-corrected chi connectivity index (χ2v) is 7.19. The molecule has 0 saturated heterocycles. The van der Waals surface area contributed by atoms with Crippen LogP contribution < -0.4 is 10.7 Å². The SMILES string of the molecule is CC(C)C(NC(=O)c1ccccc1Cl)C(=O)N/N=C/c1cc([N+](=O)[O-])ccc1Cl. The van der Waals surface area contributed by atoms with E-state index in [1.165, 1.54) is 24.4 Å². The molecule has 2 aromatic rings. The number of nitrogens with one attached hydrogen (secondary N) is 2. The number of benzene rings is 2. The van der Waals surface area contributed by atoms with Crippen molar-refractivity contribution >= 4 is 46.9 Å². The van der Waals surface area contributed by atoms with Gasteiger partial charge in [-0.3, -0.25) is 19.7 Å². The van der Waals surface area contributed by atoms with Crippen molar-refractivity contribution in [2.45, 2.75) is 19.9 Å². The summed E-state index contributed by atoms with van der Waals surface area (Å²) in [5.41, 5.74) is 2.67. The molecule has 0 aliphatic rings. The lowest BCUT2D eigenvalue weighted by molar-refractivity contribution is -0.384. The van der Waals surface area contributed by atoms with Crippen LogP contribution in [0.25, 0.3) is 0 Å². The van der Waals surface area contributed by atoms with Crippen molar-refractivity contribution in [3.05, 3.63) is 73.8 Å². The summed E-state index contributed by atoms with van der Waals surface area (Å²) >= 11 is 12.0. The highest BCUT2D eigenvalue weighted by molar-refractivity contribution is 6.34. The maximum absolute atomic E-state index is 12.5. The van der Waals surface area contributed by atoms with Gasteiger partial charge in [-0.25, -0.2) is 5.43 Å². The lowest BCUT2D eigenvalue weighted by atomic mass is 10.0. The number of nitro groups is 1. The van der Waals surface area contributed by atoms with Crippen molar-refractivity contribution in [1.29, 1.82) is 0 Å². The zero-order chi connectivity index (χ0) is 21.6. The minimum absolute atomic E-state index is 0.158. The highest BCUT2D eigenvalue weighted by Gasteiger charge is 2.25. The first-order valence-electron chi connectivity index (χ1n) is 8.53. The number of rotatable bonds is 7. The Morgan fingerprint density at radius 2 is 1.83 bits per heavy atom. The smallest absolute Gasteiger partial charge is 0.270 e. The molecule has 0 aromatic heterocycles. The molecule has 29 heavy (non-hydrogen) atoms. The Balaban J connectivity index is 2.09. The molecule has 2 N–H and O–H groups in total. The maximum Gasteiger partial charge on any atom is 0.270 e. The van der Waals surface area contributed by atoms with Crippen LogP contribution >= 0.6 is 23.2 Å². The number of hydrogen-bond acceptors (Lipinski definition) is 5. The van der Waals surface area contributed by atoms with E-state index in [4.69, 9.17) is 23.2 Å². The van der Waals surface area contributed by atoms with Gasteiger partial charge >= 0.3 is 0 Å². The highest BCUT2D eigenvalue weighted by atomic mass is 35.5. The summed E-state index contributed by atoms with van der Waals surface area (Å²) in [6.07, 6.45) is 1.19. The van der Waals surface area contributed by atoms with Crippen molar-refractivity contribution < 1.29 is 14.5 Å². The topological polar surface area (TPSA) is 114 Å². The molecule has 1 atom stereocenters. The average Bonchev–Trinajstić information content (AvgIpc) is 2.67. The fourth-order valence-electron chi connectivity index (χ4n) is 2.38. The van der Waals surface area contributed by atoms with E-state index in [1.807, 2.05) is 0 Å². The third kappa shape index (κ3) is 6.00. The summed E-state index contributed by atoms with van der Waals surface area (Å²) in [6, 6.07) is 9.47. The Morgan fingerprint density at radius 3 is 2.45 bits per heavy atom. The third-order valence-electron chi connectivity index (χ3n) is 3.92. The molecule has 0 spiro atoms. The minimum atomic E-state index is -0.878. The quantitative estimate of drug-likeness (QED) is 0.390. The Kier molecular flexibility index (Phi) is 7.69.